The second-order valence-corrected chi connectivity index (χ2v) is 3.52. The van der Waals surface area contributed by atoms with Crippen LogP contribution in [0.1, 0.15) is 18.9 Å². The van der Waals surface area contributed by atoms with Crippen molar-refractivity contribution in [2.45, 2.75) is 20.0 Å². The Kier molecular flexibility index (Phi) is 4.61. The molecule has 0 aliphatic rings. The molecule has 0 saturated heterocycles. The molecule has 1 atom stereocenters. The van der Waals surface area contributed by atoms with E-state index in [1.807, 2.05) is 37.3 Å². The lowest BCUT2D eigenvalue weighted by molar-refractivity contribution is -0.149. The van der Waals surface area contributed by atoms with E-state index in [0.717, 1.165) is 5.56 Å². The number of allylic oxidation sites excluding steroid dienone is 1. The standard InChI is InChI=1S/C13H16O2/c1-3-7-11(2)13(14)15-10-12-8-5-4-6-9-12/h3-6,8-9,11H,1,7,10H2,2H3. The molecule has 0 saturated carbocycles. The van der Waals surface area contributed by atoms with Crippen molar-refractivity contribution in [3.05, 3.63) is 48.6 Å². The van der Waals surface area contributed by atoms with E-state index in [4.69, 9.17) is 4.74 Å². The van der Waals surface area contributed by atoms with Crippen molar-refractivity contribution in [1.82, 2.24) is 0 Å². The highest BCUT2D eigenvalue weighted by Gasteiger charge is 2.12. The van der Waals surface area contributed by atoms with E-state index < -0.39 is 0 Å². The van der Waals surface area contributed by atoms with Gasteiger partial charge in [-0.15, -0.1) is 6.58 Å². The van der Waals surface area contributed by atoms with Crippen LogP contribution in [0.2, 0.25) is 0 Å². The number of ether oxygens (including phenoxy) is 1. The Morgan fingerprint density at radius 1 is 1.47 bits per heavy atom. The van der Waals surface area contributed by atoms with Crippen LogP contribution in [0.3, 0.4) is 0 Å². The average Bonchev–Trinajstić information content (AvgIpc) is 2.27. The van der Waals surface area contributed by atoms with Crippen LogP contribution in [0, 0.1) is 5.92 Å². The molecule has 1 rings (SSSR count). The number of carbonyl (C=O) groups excluding carboxylic acids is 1. The van der Waals surface area contributed by atoms with Gasteiger partial charge in [0.2, 0.25) is 0 Å². The van der Waals surface area contributed by atoms with E-state index in [9.17, 15) is 4.79 Å². The maximum absolute atomic E-state index is 11.4. The van der Waals surface area contributed by atoms with Gasteiger partial charge in [-0.3, -0.25) is 4.79 Å². The predicted molar refractivity (Wildman–Crippen MR) is 60.2 cm³/mol. The van der Waals surface area contributed by atoms with Crippen LogP contribution in [0.15, 0.2) is 43.0 Å². The summed E-state index contributed by atoms with van der Waals surface area (Å²) in [5.41, 5.74) is 1.01. The zero-order chi connectivity index (χ0) is 11.1. The number of carbonyl (C=O) groups is 1. The quantitative estimate of drug-likeness (QED) is 0.544. The van der Waals surface area contributed by atoms with Crippen molar-refractivity contribution >= 4 is 5.97 Å². The van der Waals surface area contributed by atoms with Crippen molar-refractivity contribution in [1.29, 1.82) is 0 Å². The van der Waals surface area contributed by atoms with Gasteiger partial charge in [0.25, 0.3) is 0 Å². The minimum atomic E-state index is -0.168. The third-order valence-corrected chi connectivity index (χ3v) is 2.15. The second kappa shape index (κ2) is 6.02. The number of hydrogen-bond donors (Lipinski definition) is 0. The van der Waals surface area contributed by atoms with Gasteiger partial charge in [0.05, 0.1) is 5.92 Å². The molecule has 1 unspecified atom stereocenters. The fraction of sp³-hybridized carbons (Fsp3) is 0.308. The first-order valence-corrected chi connectivity index (χ1v) is 5.05. The summed E-state index contributed by atoms with van der Waals surface area (Å²) >= 11 is 0. The van der Waals surface area contributed by atoms with E-state index >= 15 is 0 Å². The lowest BCUT2D eigenvalue weighted by atomic mass is 10.1. The monoisotopic (exact) mass is 204 g/mol. The first kappa shape index (κ1) is 11.5. The van der Waals surface area contributed by atoms with Gasteiger partial charge in [0.15, 0.2) is 0 Å². The molecular weight excluding hydrogens is 188 g/mol. The summed E-state index contributed by atoms with van der Waals surface area (Å²) in [6, 6.07) is 9.66. The minimum absolute atomic E-state index is 0.105. The van der Waals surface area contributed by atoms with Gasteiger partial charge in [-0.05, 0) is 12.0 Å². The number of rotatable bonds is 5. The molecule has 2 heteroatoms. The number of benzene rings is 1. The van der Waals surface area contributed by atoms with Gasteiger partial charge in [0, 0.05) is 0 Å². The maximum Gasteiger partial charge on any atom is 0.309 e. The number of hydrogen-bond acceptors (Lipinski definition) is 2. The van der Waals surface area contributed by atoms with Crippen molar-refractivity contribution in [2.24, 2.45) is 5.92 Å². The Hall–Kier alpha value is -1.57. The Balaban J connectivity index is 2.37. The van der Waals surface area contributed by atoms with Crippen molar-refractivity contribution in [3.63, 3.8) is 0 Å². The summed E-state index contributed by atoms with van der Waals surface area (Å²) in [5, 5.41) is 0. The van der Waals surface area contributed by atoms with Crippen LogP contribution in [0.5, 0.6) is 0 Å². The molecule has 0 bridgehead atoms. The molecule has 0 aliphatic carbocycles. The number of esters is 1. The summed E-state index contributed by atoms with van der Waals surface area (Å²) in [6.07, 6.45) is 2.39. The van der Waals surface area contributed by atoms with Gasteiger partial charge in [0.1, 0.15) is 6.61 Å². The van der Waals surface area contributed by atoms with Crippen LogP contribution < -0.4 is 0 Å². The Labute approximate surface area is 90.6 Å². The zero-order valence-corrected chi connectivity index (χ0v) is 8.98. The van der Waals surface area contributed by atoms with E-state index in [-0.39, 0.29) is 11.9 Å². The van der Waals surface area contributed by atoms with Gasteiger partial charge in [-0.1, -0.05) is 43.3 Å². The van der Waals surface area contributed by atoms with Crippen molar-refractivity contribution in [3.8, 4) is 0 Å². The minimum Gasteiger partial charge on any atom is -0.461 e. The molecule has 1 aromatic rings. The molecule has 15 heavy (non-hydrogen) atoms. The predicted octanol–water partition coefficient (Wildman–Crippen LogP) is 2.94. The lowest BCUT2D eigenvalue weighted by Gasteiger charge is -2.09. The fourth-order valence-corrected chi connectivity index (χ4v) is 1.22. The molecule has 0 fully saturated rings. The van der Waals surface area contributed by atoms with Crippen LogP contribution in [0.4, 0.5) is 0 Å². The van der Waals surface area contributed by atoms with E-state index in [1.165, 1.54) is 0 Å². The fourth-order valence-electron chi connectivity index (χ4n) is 1.22. The molecule has 0 heterocycles. The zero-order valence-electron chi connectivity index (χ0n) is 8.98. The molecule has 0 aromatic heterocycles. The van der Waals surface area contributed by atoms with Crippen LogP contribution in [0.25, 0.3) is 0 Å². The van der Waals surface area contributed by atoms with Crippen LogP contribution in [-0.2, 0) is 16.1 Å². The maximum atomic E-state index is 11.4. The third-order valence-electron chi connectivity index (χ3n) is 2.15. The normalized spacial score (nSPS) is 11.8. The van der Waals surface area contributed by atoms with Gasteiger partial charge < -0.3 is 4.74 Å². The van der Waals surface area contributed by atoms with E-state index in [1.54, 1.807) is 6.08 Å². The molecule has 0 aliphatic heterocycles. The first-order valence-electron chi connectivity index (χ1n) is 5.05. The van der Waals surface area contributed by atoms with Gasteiger partial charge in [-0.25, -0.2) is 0 Å². The highest BCUT2D eigenvalue weighted by atomic mass is 16.5. The summed E-state index contributed by atoms with van der Waals surface area (Å²) < 4.78 is 5.16. The first-order chi connectivity index (χ1) is 7.24. The average molecular weight is 204 g/mol. The van der Waals surface area contributed by atoms with Crippen LogP contribution >= 0.6 is 0 Å². The Morgan fingerprint density at radius 2 is 2.13 bits per heavy atom. The van der Waals surface area contributed by atoms with Crippen molar-refractivity contribution < 1.29 is 9.53 Å². The lowest BCUT2D eigenvalue weighted by Crippen LogP contribution is -2.13. The second-order valence-electron chi connectivity index (χ2n) is 3.52. The molecule has 80 valence electrons. The summed E-state index contributed by atoms with van der Waals surface area (Å²) in [7, 11) is 0. The molecule has 0 radical (unpaired) electrons. The Bertz CT molecular complexity index is 317. The van der Waals surface area contributed by atoms with E-state index in [2.05, 4.69) is 6.58 Å². The molecule has 1 aromatic carbocycles. The molecule has 2 nitrogen and oxygen atoms in total. The molecular formula is C13H16O2. The summed E-state index contributed by atoms with van der Waals surface area (Å²) in [6.45, 7) is 5.78. The summed E-state index contributed by atoms with van der Waals surface area (Å²) in [5.74, 6) is -0.273. The molecule has 0 N–H and O–H groups in total. The SMILES string of the molecule is C=CCC(C)C(=O)OCc1ccccc1. The molecule has 0 amide bonds. The van der Waals surface area contributed by atoms with Gasteiger partial charge in [-0.2, -0.15) is 0 Å². The largest absolute Gasteiger partial charge is 0.461 e. The third kappa shape index (κ3) is 3.98. The summed E-state index contributed by atoms with van der Waals surface area (Å²) in [4.78, 5) is 11.4. The molecule has 0 spiro atoms. The smallest absolute Gasteiger partial charge is 0.309 e. The Morgan fingerprint density at radius 3 is 2.73 bits per heavy atom. The van der Waals surface area contributed by atoms with E-state index in [0.29, 0.717) is 13.0 Å². The van der Waals surface area contributed by atoms with Crippen LogP contribution in [-0.4, -0.2) is 5.97 Å². The highest BCUT2D eigenvalue weighted by Crippen LogP contribution is 2.07. The highest BCUT2D eigenvalue weighted by molar-refractivity contribution is 5.72. The topological polar surface area (TPSA) is 26.3 Å². The van der Waals surface area contributed by atoms with Crippen molar-refractivity contribution in [2.75, 3.05) is 0 Å². The van der Waals surface area contributed by atoms with Gasteiger partial charge >= 0.3 is 5.97 Å².